The number of nitrogens with one attached hydrogen (secondary N) is 1. The molecule has 4 atom stereocenters. The predicted molar refractivity (Wildman–Crippen MR) is 140 cm³/mol. The van der Waals surface area contributed by atoms with Crippen LogP contribution in [0.4, 0.5) is 0 Å². The molecule has 1 aromatic heterocycles. The second kappa shape index (κ2) is 10.4. The molecule has 2 fully saturated rings. The summed E-state index contributed by atoms with van der Waals surface area (Å²) in [7, 11) is 0. The van der Waals surface area contributed by atoms with E-state index in [4.69, 9.17) is 4.98 Å². The summed E-state index contributed by atoms with van der Waals surface area (Å²) in [6.07, 6.45) is 6.53. The van der Waals surface area contributed by atoms with Crippen LogP contribution in [0.5, 0.6) is 0 Å². The Morgan fingerprint density at radius 3 is 2.42 bits per heavy atom. The van der Waals surface area contributed by atoms with Crippen LogP contribution in [-0.2, 0) is 22.6 Å². The molecule has 3 aliphatic rings. The summed E-state index contributed by atoms with van der Waals surface area (Å²) in [5.41, 5.74) is 3.63. The summed E-state index contributed by atoms with van der Waals surface area (Å²) < 4.78 is 2.49. The lowest BCUT2D eigenvalue weighted by molar-refractivity contribution is -0.135. The average molecular weight is 492 g/mol. The van der Waals surface area contributed by atoms with Crippen LogP contribution in [-0.4, -0.2) is 56.3 Å². The zero-order valence-electron chi connectivity index (χ0n) is 22.2. The lowest BCUT2D eigenvalue weighted by atomic mass is 9.95. The van der Waals surface area contributed by atoms with Crippen molar-refractivity contribution in [1.82, 2.24) is 24.7 Å². The highest BCUT2D eigenvalue weighted by atomic mass is 16.2. The van der Waals surface area contributed by atoms with Crippen molar-refractivity contribution in [3.05, 3.63) is 53.1 Å². The highest BCUT2D eigenvalue weighted by molar-refractivity contribution is 5.78. The third kappa shape index (κ3) is 4.95. The Morgan fingerprint density at radius 2 is 1.78 bits per heavy atom. The number of rotatable bonds is 7. The number of aromatic nitrogens is 2. The molecule has 0 aliphatic carbocycles. The Hall–Kier alpha value is -2.67. The van der Waals surface area contributed by atoms with Gasteiger partial charge in [-0.1, -0.05) is 44.2 Å². The smallest absolute Gasteiger partial charge is 0.225 e. The number of piperidine rings is 1. The minimum atomic E-state index is 0.0240. The normalized spacial score (nSPS) is 24.6. The molecule has 5 rings (SSSR count). The Kier molecular flexibility index (Phi) is 7.20. The van der Waals surface area contributed by atoms with Crippen molar-refractivity contribution in [3.8, 4) is 0 Å². The van der Waals surface area contributed by atoms with E-state index in [1.807, 2.05) is 36.9 Å². The first-order chi connectivity index (χ1) is 17.3. The van der Waals surface area contributed by atoms with Gasteiger partial charge in [0, 0.05) is 50.5 Å². The van der Waals surface area contributed by atoms with Gasteiger partial charge < -0.3 is 14.8 Å². The fourth-order valence-corrected chi connectivity index (χ4v) is 6.91. The van der Waals surface area contributed by atoms with Gasteiger partial charge in [0.1, 0.15) is 5.82 Å². The van der Waals surface area contributed by atoms with Crippen LogP contribution in [0.1, 0.15) is 87.7 Å². The van der Waals surface area contributed by atoms with E-state index in [2.05, 4.69) is 33.8 Å². The molecule has 0 radical (unpaired) electrons. The number of benzene rings is 1. The van der Waals surface area contributed by atoms with Crippen LogP contribution in [0.3, 0.4) is 0 Å². The molecular weight excluding hydrogens is 450 g/mol. The van der Waals surface area contributed by atoms with Crippen molar-refractivity contribution < 1.29 is 9.59 Å². The molecule has 7 nitrogen and oxygen atoms in total. The number of imidazole rings is 1. The average Bonchev–Trinajstić information content (AvgIpc) is 3.31. The molecule has 194 valence electrons. The van der Waals surface area contributed by atoms with Crippen molar-refractivity contribution in [1.29, 1.82) is 0 Å². The summed E-state index contributed by atoms with van der Waals surface area (Å²) >= 11 is 0. The fourth-order valence-electron chi connectivity index (χ4n) is 6.91. The van der Waals surface area contributed by atoms with Gasteiger partial charge in [-0.2, -0.15) is 0 Å². The highest BCUT2D eigenvalue weighted by Gasteiger charge is 2.42. The number of fused-ring (bicyclic) bond motifs is 3. The minimum absolute atomic E-state index is 0.0240. The second-order valence-corrected chi connectivity index (χ2v) is 11.3. The van der Waals surface area contributed by atoms with Crippen LogP contribution in [0, 0.1) is 12.8 Å². The maximum Gasteiger partial charge on any atom is 0.225 e. The van der Waals surface area contributed by atoms with Gasteiger partial charge in [-0.3, -0.25) is 14.5 Å². The fraction of sp³-hybridized carbons (Fsp3) is 0.621. The van der Waals surface area contributed by atoms with Gasteiger partial charge in [-0.05, 0) is 44.6 Å². The van der Waals surface area contributed by atoms with Gasteiger partial charge in [-0.15, -0.1) is 0 Å². The van der Waals surface area contributed by atoms with Crippen molar-refractivity contribution >= 4 is 11.8 Å². The number of amides is 2. The number of hydrogen-bond donors (Lipinski definition) is 1. The Morgan fingerprint density at radius 1 is 1.08 bits per heavy atom. The summed E-state index contributed by atoms with van der Waals surface area (Å²) in [4.78, 5) is 34.3. The monoisotopic (exact) mass is 491 g/mol. The Balaban J connectivity index is 1.28. The van der Waals surface area contributed by atoms with Crippen molar-refractivity contribution in [2.75, 3.05) is 13.1 Å². The molecule has 2 aromatic rings. The summed E-state index contributed by atoms with van der Waals surface area (Å²) in [6, 6.07) is 12.0. The SMILES string of the molecule is CC(=O)N[C@@H](CCN1[C@@H]2CC[C@H]1C[C@@H](n1c(C)nc3c1CN(C(=O)C(C)C)CC3)C2)c1ccccc1. The number of hydrogen-bond acceptors (Lipinski definition) is 4. The predicted octanol–water partition coefficient (Wildman–Crippen LogP) is 4.17. The topological polar surface area (TPSA) is 70.5 Å². The van der Waals surface area contributed by atoms with Crippen molar-refractivity contribution in [2.24, 2.45) is 5.92 Å². The first-order valence-corrected chi connectivity index (χ1v) is 13.7. The molecule has 2 bridgehead atoms. The molecule has 0 unspecified atom stereocenters. The van der Waals surface area contributed by atoms with E-state index < -0.39 is 0 Å². The second-order valence-electron chi connectivity index (χ2n) is 11.3. The van der Waals surface area contributed by atoms with Gasteiger partial charge in [-0.25, -0.2) is 4.98 Å². The van der Waals surface area contributed by atoms with Gasteiger partial charge in [0.2, 0.25) is 11.8 Å². The number of nitrogens with zero attached hydrogens (tertiary/aromatic N) is 4. The van der Waals surface area contributed by atoms with E-state index >= 15 is 0 Å². The molecule has 2 amide bonds. The standard InChI is InChI=1S/C29H41N5O2/c1-19(2)29(36)32-14-12-27-28(18-32)34(20(3)30-27)25-16-23-10-11-24(17-25)33(23)15-13-26(31-21(4)35)22-8-6-5-7-9-22/h5-9,19,23-26H,10-18H2,1-4H3,(H,31,35)/t23-,24+,25+,26-/m0/s1. The van der Waals surface area contributed by atoms with E-state index in [0.717, 1.165) is 44.6 Å². The molecular formula is C29H41N5O2. The summed E-state index contributed by atoms with van der Waals surface area (Å²) in [6.45, 7) is 10.2. The van der Waals surface area contributed by atoms with Crippen LogP contribution < -0.4 is 5.32 Å². The van der Waals surface area contributed by atoms with Gasteiger partial charge >= 0.3 is 0 Å². The largest absolute Gasteiger partial charge is 0.349 e. The van der Waals surface area contributed by atoms with E-state index in [-0.39, 0.29) is 23.8 Å². The molecule has 7 heteroatoms. The number of aryl methyl sites for hydroxylation is 1. The summed E-state index contributed by atoms with van der Waals surface area (Å²) in [5.74, 6) is 1.40. The first kappa shape index (κ1) is 25.0. The third-order valence-electron chi connectivity index (χ3n) is 8.51. The molecule has 0 saturated carbocycles. The Bertz CT molecular complexity index is 1080. The lowest BCUT2D eigenvalue weighted by Crippen LogP contribution is -2.45. The highest BCUT2D eigenvalue weighted by Crippen LogP contribution is 2.43. The van der Waals surface area contributed by atoms with Gasteiger partial charge in [0.25, 0.3) is 0 Å². The minimum Gasteiger partial charge on any atom is -0.349 e. The van der Waals surface area contributed by atoms with Crippen LogP contribution in [0.15, 0.2) is 30.3 Å². The molecule has 1 N–H and O–H groups in total. The van der Waals surface area contributed by atoms with Crippen molar-refractivity contribution in [2.45, 2.75) is 96.9 Å². The maximum atomic E-state index is 12.7. The quantitative estimate of drug-likeness (QED) is 0.631. The van der Waals surface area contributed by atoms with Crippen LogP contribution >= 0.6 is 0 Å². The van der Waals surface area contributed by atoms with Crippen molar-refractivity contribution in [3.63, 3.8) is 0 Å². The van der Waals surface area contributed by atoms with Gasteiger partial charge in [0.05, 0.1) is 24.0 Å². The lowest BCUT2D eigenvalue weighted by Gasteiger charge is -2.41. The van der Waals surface area contributed by atoms with E-state index in [1.54, 1.807) is 6.92 Å². The number of carbonyl (C=O) groups excluding carboxylic acids is 2. The molecule has 2 saturated heterocycles. The van der Waals surface area contributed by atoms with Crippen LogP contribution in [0.2, 0.25) is 0 Å². The van der Waals surface area contributed by atoms with Crippen LogP contribution in [0.25, 0.3) is 0 Å². The zero-order chi connectivity index (χ0) is 25.4. The first-order valence-electron chi connectivity index (χ1n) is 13.7. The molecule has 36 heavy (non-hydrogen) atoms. The van der Waals surface area contributed by atoms with Gasteiger partial charge in [0.15, 0.2) is 0 Å². The Labute approximate surface area is 215 Å². The van der Waals surface area contributed by atoms with E-state index in [0.29, 0.717) is 24.7 Å². The molecule has 3 aliphatic heterocycles. The zero-order valence-corrected chi connectivity index (χ0v) is 22.2. The molecule has 4 heterocycles. The van der Waals surface area contributed by atoms with E-state index in [9.17, 15) is 9.59 Å². The number of carbonyl (C=O) groups is 2. The van der Waals surface area contributed by atoms with E-state index in [1.165, 1.54) is 29.8 Å². The molecule has 0 spiro atoms. The molecule has 1 aromatic carbocycles. The maximum absolute atomic E-state index is 12.7. The third-order valence-corrected chi connectivity index (χ3v) is 8.51. The summed E-state index contributed by atoms with van der Waals surface area (Å²) in [5, 5.41) is 3.17.